The van der Waals surface area contributed by atoms with Gasteiger partial charge in [-0.15, -0.1) is 0 Å². The van der Waals surface area contributed by atoms with Crippen LogP contribution in [0.4, 0.5) is 13.2 Å². The molecule has 0 aromatic heterocycles. The second-order valence-electron chi connectivity index (χ2n) is 3.30. The minimum atomic E-state index is -4.23. The first-order valence-electron chi connectivity index (χ1n) is 4.34. The molecule has 0 aliphatic carbocycles. The molecule has 0 fully saturated rings. The van der Waals surface area contributed by atoms with E-state index in [2.05, 4.69) is 5.32 Å². The van der Waals surface area contributed by atoms with Crippen LogP contribution in [0.15, 0.2) is 0 Å². The Morgan fingerprint density at radius 3 is 2.29 bits per heavy atom. The molecule has 1 amide bonds. The number of alkyl halides is 3. The quantitative estimate of drug-likeness (QED) is 0.731. The molecule has 0 radical (unpaired) electrons. The summed E-state index contributed by atoms with van der Waals surface area (Å²) in [5, 5.41) is 2.18. The van der Waals surface area contributed by atoms with E-state index in [9.17, 15) is 18.0 Å². The first-order valence-corrected chi connectivity index (χ1v) is 4.34. The Balaban J connectivity index is 3.75. The molecular formula is C8H15F3N2O. The van der Waals surface area contributed by atoms with Crippen molar-refractivity contribution in [3.8, 4) is 0 Å². The predicted molar refractivity (Wildman–Crippen MR) is 46.5 cm³/mol. The van der Waals surface area contributed by atoms with Crippen molar-refractivity contribution in [2.45, 2.75) is 32.5 Å². The number of rotatable bonds is 4. The molecule has 0 aliphatic heterocycles. The third-order valence-corrected chi connectivity index (χ3v) is 1.91. The van der Waals surface area contributed by atoms with Crippen molar-refractivity contribution in [3.63, 3.8) is 0 Å². The molecule has 0 aromatic carbocycles. The Bertz CT molecular complexity index is 192. The minimum absolute atomic E-state index is 0.360. The third-order valence-electron chi connectivity index (χ3n) is 1.91. The molecule has 0 aliphatic rings. The van der Waals surface area contributed by atoms with Gasteiger partial charge in [0.25, 0.3) is 0 Å². The summed E-state index contributed by atoms with van der Waals surface area (Å²) in [4.78, 5) is 11.1. The van der Waals surface area contributed by atoms with Crippen LogP contribution >= 0.6 is 0 Å². The molecule has 6 heteroatoms. The van der Waals surface area contributed by atoms with Crippen molar-refractivity contribution in [2.75, 3.05) is 6.54 Å². The highest BCUT2D eigenvalue weighted by Crippen LogP contribution is 2.18. The van der Waals surface area contributed by atoms with E-state index in [-0.39, 0.29) is 12.6 Å². The molecular weight excluding hydrogens is 197 g/mol. The van der Waals surface area contributed by atoms with Crippen LogP contribution in [0.5, 0.6) is 0 Å². The van der Waals surface area contributed by atoms with Crippen LogP contribution in [0.1, 0.15) is 20.3 Å². The first kappa shape index (κ1) is 13.2. The van der Waals surface area contributed by atoms with E-state index in [1.807, 2.05) is 0 Å². The summed E-state index contributed by atoms with van der Waals surface area (Å²) in [6.45, 7) is 2.82. The Morgan fingerprint density at radius 2 is 1.93 bits per heavy atom. The summed E-state index contributed by atoms with van der Waals surface area (Å²) >= 11 is 0. The van der Waals surface area contributed by atoms with Gasteiger partial charge in [0.1, 0.15) is 0 Å². The van der Waals surface area contributed by atoms with Crippen LogP contribution in [-0.2, 0) is 4.79 Å². The van der Waals surface area contributed by atoms with Crippen molar-refractivity contribution < 1.29 is 18.0 Å². The number of hydrogen-bond donors (Lipinski definition) is 2. The second-order valence-corrected chi connectivity index (χ2v) is 3.30. The zero-order valence-electron chi connectivity index (χ0n) is 8.19. The van der Waals surface area contributed by atoms with Gasteiger partial charge in [0.05, 0.1) is 6.42 Å². The van der Waals surface area contributed by atoms with Gasteiger partial charge < -0.3 is 11.1 Å². The minimum Gasteiger partial charge on any atom is -0.355 e. The van der Waals surface area contributed by atoms with Crippen molar-refractivity contribution >= 4 is 5.91 Å². The molecule has 0 spiro atoms. The van der Waals surface area contributed by atoms with Gasteiger partial charge in [-0.2, -0.15) is 13.2 Å². The monoisotopic (exact) mass is 212 g/mol. The summed E-state index contributed by atoms with van der Waals surface area (Å²) in [7, 11) is 0. The summed E-state index contributed by atoms with van der Waals surface area (Å²) in [6, 6.07) is -0.360. The van der Waals surface area contributed by atoms with Gasteiger partial charge in [-0.25, -0.2) is 0 Å². The zero-order valence-corrected chi connectivity index (χ0v) is 8.19. The molecule has 14 heavy (non-hydrogen) atoms. The van der Waals surface area contributed by atoms with E-state index in [0.717, 1.165) is 0 Å². The molecule has 0 saturated carbocycles. The van der Waals surface area contributed by atoms with Gasteiger partial charge in [-0.3, -0.25) is 4.79 Å². The maximum atomic E-state index is 11.7. The molecule has 0 bridgehead atoms. The van der Waals surface area contributed by atoms with E-state index >= 15 is 0 Å². The fraction of sp³-hybridized carbons (Fsp3) is 0.875. The number of nitrogens with one attached hydrogen (secondary N) is 1. The third kappa shape index (κ3) is 5.80. The molecule has 3 N–H and O–H groups in total. The van der Waals surface area contributed by atoms with Crippen LogP contribution in [0.2, 0.25) is 0 Å². The Kier molecular flexibility index (Phi) is 4.90. The van der Waals surface area contributed by atoms with Crippen molar-refractivity contribution in [2.24, 2.45) is 11.7 Å². The standard InChI is InChI=1S/C8H15F3N2O/c1-5(6(2)12)7(14)13-4-3-8(9,10)11/h5-6H,3-4,12H2,1-2H3,(H,13,14). The maximum Gasteiger partial charge on any atom is 0.390 e. The van der Waals surface area contributed by atoms with Crippen molar-refractivity contribution in [1.82, 2.24) is 5.32 Å². The van der Waals surface area contributed by atoms with Crippen LogP contribution in [-0.4, -0.2) is 24.7 Å². The van der Waals surface area contributed by atoms with Crippen LogP contribution < -0.4 is 11.1 Å². The molecule has 2 unspecified atom stereocenters. The molecule has 0 aromatic rings. The van der Waals surface area contributed by atoms with E-state index in [0.29, 0.717) is 0 Å². The lowest BCUT2D eigenvalue weighted by atomic mass is 10.0. The number of hydrogen-bond acceptors (Lipinski definition) is 2. The number of amides is 1. The van der Waals surface area contributed by atoms with Crippen molar-refractivity contribution in [1.29, 1.82) is 0 Å². The van der Waals surface area contributed by atoms with Crippen LogP contribution in [0, 0.1) is 5.92 Å². The Morgan fingerprint density at radius 1 is 1.43 bits per heavy atom. The molecule has 0 saturated heterocycles. The molecule has 0 rings (SSSR count). The normalized spacial score (nSPS) is 16.1. The summed E-state index contributed by atoms with van der Waals surface area (Å²) in [6.07, 6.45) is -5.24. The fourth-order valence-corrected chi connectivity index (χ4v) is 0.727. The highest BCUT2D eigenvalue weighted by Gasteiger charge is 2.27. The predicted octanol–water partition coefficient (Wildman–Crippen LogP) is 1.04. The first-order chi connectivity index (χ1) is 6.24. The number of carbonyl (C=O) groups is 1. The van der Waals surface area contributed by atoms with E-state index in [1.54, 1.807) is 13.8 Å². The van der Waals surface area contributed by atoms with Crippen molar-refractivity contribution in [3.05, 3.63) is 0 Å². The van der Waals surface area contributed by atoms with E-state index in [1.165, 1.54) is 0 Å². The van der Waals surface area contributed by atoms with Gasteiger partial charge in [0.2, 0.25) is 5.91 Å². The molecule has 0 heterocycles. The van der Waals surface area contributed by atoms with Crippen LogP contribution in [0.3, 0.4) is 0 Å². The van der Waals surface area contributed by atoms with E-state index in [4.69, 9.17) is 5.73 Å². The van der Waals surface area contributed by atoms with E-state index < -0.39 is 24.4 Å². The van der Waals surface area contributed by atoms with Gasteiger partial charge in [0.15, 0.2) is 0 Å². The summed E-state index contributed by atoms with van der Waals surface area (Å²) in [5.41, 5.74) is 5.41. The van der Waals surface area contributed by atoms with Gasteiger partial charge in [-0.05, 0) is 6.92 Å². The van der Waals surface area contributed by atoms with Gasteiger partial charge in [0, 0.05) is 18.5 Å². The average Bonchev–Trinajstić information content (AvgIpc) is 2.00. The SMILES string of the molecule is CC(N)C(C)C(=O)NCCC(F)(F)F. The highest BCUT2D eigenvalue weighted by atomic mass is 19.4. The zero-order chi connectivity index (χ0) is 11.4. The second kappa shape index (κ2) is 5.19. The number of carbonyl (C=O) groups excluding carboxylic acids is 1. The topological polar surface area (TPSA) is 55.1 Å². The molecule has 3 nitrogen and oxygen atoms in total. The Hall–Kier alpha value is -0.780. The lowest BCUT2D eigenvalue weighted by molar-refractivity contribution is -0.136. The Labute approximate surface area is 80.8 Å². The highest BCUT2D eigenvalue weighted by molar-refractivity contribution is 5.78. The lowest BCUT2D eigenvalue weighted by Gasteiger charge is -2.15. The van der Waals surface area contributed by atoms with Crippen LogP contribution in [0.25, 0.3) is 0 Å². The smallest absolute Gasteiger partial charge is 0.355 e. The molecule has 2 atom stereocenters. The van der Waals surface area contributed by atoms with Gasteiger partial charge >= 0.3 is 6.18 Å². The average molecular weight is 212 g/mol. The summed E-state index contributed by atoms with van der Waals surface area (Å²) in [5.74, 6) is -0.910. The maximum absolute atomic E-state index is 11.7. The largest absolute Gasteiger partial charge is 0.390 e. The number of nitrogens with two attached hydrogens (primary N) is 1. The van der Waals surface area contributed by atoms with Gasteiger partial charge in [-0.1, -0.05) is 6.92 Å². The molecule has 84 valence electrons. The number of halogens is 3. The lowest BCUT2D eigenvalue weighted by Crippen LogP contribution is -2.39. The fourth-order valence-electron chi connectivity index (χ4n) is 0.727. The summed E-state index contributed by atoms with van der Waals surface area (Å²) < 4.78 is 35.1.